The van der Waals surface area contributed by atoms with E-state index in [4.69, 9.17) is 16.3 Å². The van der Waals surface area contributed by atoms with Crippen molar-refractivity contribution in [3.63, 3.8) is 0 Å². The Hall–Kier alpha value is -2.00. The molecule has 0 unspecified atom stereocenters. The van der Waals surface area contributed by atoms with E-state index < -0.39 is 5.60 Å². The van der Waals surface area contributed by atoms with Gasteiger partial charge in [-0.25, -0.2) is 0 Å². The van der Waals surface area contributed by atoms with Gasteiger partial charge in [-0.05, 0) is 62.1 Å². The average molecular weight is 346 g/mol. The first kappa shape index (κ1) is 18.3. The third kappa shape index (κ3) is 4.30. The summed E-state index contributed by atoms with van der Waals surface area (Å²) in [5.41, 5.74) is 2.01. The predicted octanol–water partition coefficient (Wildman–Crippen LogP) is 5.57. The second-order valence-electron chi connectivity index (χ2n) is 6.71. The van der Waals surface area contributed by atoms with Crippen LogP contribution in [0.4, 0.5) is 5.69 Å². The van der Waals surface area contributed by atoms with Gasteiger partial charge in [-0.15, -0.1) is 0 Å². The minimum absolute atomic E-state index is 0.186. The van der Waals surface area contributed by atoms with Gasteiger partial charge in [0.25, 0.3) is 5.91 Å². The Morgan fingerprint density at radius 1 is 1.12 bits per heavy atom. The highest BCUT2D eigenvalue weighted by Gasteiger charge is 2.31. The topological polar surface area (TPSA) is 38.3 Å². The molecule has 0 aliphatic carbocycles. The SMILES string of the molecule is Cc1cccc(C(C)C)c1NC(=O)C(C)(C)Oc1ccc(Cl)cc1. The van der Waals surface area contributed by atoms with Crippen LogP contribution in [0.15, 0.2) is 42.5 Å². The molecule has 4 heteroatoms. The van der Waals surface area contributed by atoms with Crippen LogP contribution in [0, 0.1) is 6.92 Å². The number of hydrogen-bond acceptors (Lipinski definition) is 2. The number of rotatable bonds is 5. The fourth-order valence-electron chi connectivity index (χ4n) is 2.45. The van der Waals surface area contributed by atoms with Gasteiger partial charge in [0.05, 0.1) is 0 Å². The molecule has 128 valence electrons. The molecule has 0 atom stereocenters. The van der Waals surface area contributed by atoms with Crippen molar-refractivity contribution < 1.29 is 9.53 Å². The van der Waals surface area contributed by atoms with E-state index in [1.807, 2.05) is 25.1 Å². The molecule has 0 radical (unpaired) electrons. The van der Waals surface area contributed by atoms with Gasteiger partial charge >= 0.3 is 0 Å². The van der Waals surface area contributed by atoms with E-state index in [2.05, 4.69) is 19.2 Å². The maximum absolute atomic E-state index is 12.8. The minimum atomic E-state index is -1.01. The van der Waals surface area contributed by atoms with Gasteiger partial charge in [-0.2, -0.15) is 0 Å². The van der Waals surface area contributed by atoms with Crippen molar-refractivity contribution >= 4 is 23.2 Å². The molecule has 3 nitrogen and oxygen atoms in total. The number of aryl methyl sites for hydroxylation is 1. The number of nitrogens with one attached hydrogen (secondary N) is 1. The van der Waals surface area contributed by atoms with Gasteiger partial charge in [0.15, 0.2) is 5.60 Å². The quantitative estimate of drug-likeness (QED) is 0.769. The highest BCUT2D eigenvalue weighted by atomic mass is 35.5. The molecule has 0 heterocycles. The number of hydrogen-bond donors (Lipinski definition) is 1. The number of benzene rings is 2. The van der Waals surface area contributed by atoms with Crippen LogP contribution in [0.3, 0.4) is 0 Å². The zero-order valence-electron chi connectivity index (χ0n) is 14.8. The first-order valence-electron chi connectivity index (χ1n) is 8.06. The standard InChI is InChI=1S/C20H24ClNO2/c1-13(2)17-8-6-7-14(3)18(17)22-19(23)20(4,5)24-16-11-9-15(21)10-12-16/h6-13H,1-5H3,(H,22,23). The van der Waals surface area contributed by atoms with Crippen molar-refractivity contribution in [3.05, 3.63) is 58.6 Å². The fourth-order valence-corrected chi connectivity index (χ4v) is 2.58. The molecule has 2 aromatic carbocycles. The molecule has 1 amide bonds. The molecule has 0 saturated heterocycles. The summed E-state index contributed by atoms with van der Waals surface area (Å²) in [4.78, 5) is 12.8. The number of para-hydroxylation sites is 1. The zero-order chi connectivity index (χ0) is 17.9. The Balaban J connectivity index is 2.21. The van der Waals surface area contributed by atoms with Gasteiger partial charge in [0.1, 0.15) is 5.75 Å². The first-order valence-corrected chi connectivity index (χ1v) is 8.44. The molecule has 24 heavy (non-hydrogen) atoms. The number of carbonyl (C=O) groups excluding carboxylic acids is 1. The Morgan fingerprint density at radius 3 is 2.33 bits per heavy atom. The Bertz CT molecular complexity index is 721. The molecule has 0 fully saturated rings. The van der Waals surface area contributed by atoms with Crippen molar-refractivity contribution in [2.75, 3.05) is 5.32 Å². The monoisotopic (exact) mass is 345 g/mol. The van der Waals surface area contributed by atoms with Crippen LogP contribution in [0.1, 0.15) is 44.7 Å². The van der Waals surface area contributed by atoms with Crippen molar-refractivity contribution in [2.45, 2.75) is 46.1 Å². The predicted molar refractivity (Wildman–Crippen MR) is 100 cm³/mol. The molecule has 0 aromatic heterocycles. The summed E-state index contributed by atoms with van der Waals surface area (Å²) in [5, 5.41) is 3.67. The molecule has 0 aliphatic heterocycles. The van der Waals surface area contributed by atoms with Crippen molar-refractivity contribution in [1.29, 1.82) is 0 Å². The van der Waals surface area contributed by atoms with Crippen molar-refractivity contribution in [1.82, 2.24) is 0 Å². The van der Waals surface area contributed by atoms with Crippen LogP contribution in [-0.4, -0.2) is 11.5 Å². The van der Waals surface area contributed by atoms with Gasteiger partial charge in [-0.3, -0.25) is 4.79 Å². The van der Waals surface area contributed by atoms with Gasteiger partial charge in [0, 0.05) is 10.7 Å². The van der Waals surface area contributed by atoms with Gasteiger partial charge in [-0.1, -0.05) is 43.6 Å². The molecule has 0 aliphatic rings. The molecule has 0 saturated carbocycles. The molecule has 2 aromatic rings. The number of anilines is 1. The molecule has 0 bridgehead atoms. The highest BCUT2D eigenvalue weighted by molar-refractivity contribution is 6.30. The zero-order valence-corrected chi connectivity index (χ0v) is 15.6. The summed E-state index contributed by atoms with van der Waals surface area (Å²) in [7, 11) is 0. The Labute approximate surface area is 149 Å². The second-order valence-corrected chi connectivity index (χ2v) is 7.15. The lowest BCUT2D eigenvalue weighted by molar-refractivity contribution is -0.128. The summed E-state index contributed by atoms with van der Waals surface area (Å²) in [6.45, 7) is 9.72. The van der Waals surface area contributed by atoms with Crippen LogP contribution in [0.25, 0.3) is 0 Å². The van der Waals surface area contributed by atoms with E-state index in [-0.39, 0.29) is 5.91 Å². The number of carbonyl (C=O) groups is 1. The summed E-state index contributed by atoms with van der Waals surface area (Å²) in [6, 6.07) is 13.0. The van der Waals surface area contributed by atoms with Crippen molar-refractivity contribution in [3.8, 4) is 5.75 Å². The lowest BCUT2D eigenvalue weighted by Gasteiger charge is -2.27. The number of halogens is 1. The number of ether oxygens (including phenoxy) is 1. The van der Waals surface area contributed by atoms with E-state index in [0.29, 0.717) is 16.7 Å². The third-order valence-corrected chi connectivity index (χ3v) is 4.15. The molecular weight excluding hydrogens is 322 g/mol. The third-order valence-electron chi connectivity index (χ3n) is 3.90. The van der Waals surface area contributed by atoms with Crippen LogP contribution in [0.5, 0.6) is 5.75 Å². The van der Waals surface area contributed by atoms with E-state index >= 15 is 0 Å². The molecule has 2 rings (SSSR count). The van der Waals surface area contributed by atoms with Crippen LogP contribution in [-0.2, 0) is 4.79 Å². The maximum Gasteiger partial charge on any atom is 0.267 e. The number of amides is 1. The van der Waals surface area contributed by atoms with Gasteiger partial charge in [0.2, 0.25) is 0 Å². The summed E-state index contributed by atoms with van der Waals surface area (Å²) < 4.78 is 5.86. The van der Waals surface area contributed by atoms with Crippen LogP contribution in [0.2, 0.25) is 5.02 Å². The van der Waals surface area contributed by atoms with Crippen LogP contribution < -0.4 is 10.1 Å². The van der Waals surface area contributed by atoms with Gasteiger partial charge < -0.3 is 10.1 Å². The van der Waals surface area contributed by atoms with E-state index in [1.165, 1.54) is 0 Å². The largest absolute Gasteiger partial charge is 0.478 e. The summed E-state index contributed by atoms with van der Waals surface area (Å²) in [5.74, 6) is 0.738. The lowest BCUT2D eigenvalue weighted by atomic mass is 9.97. The van der Waals surface area contributed by atoms with E-state index in [9.17, 15) is 4.79 Å². The fraction of sp³-hybridized carbons (Fsp3) is 0.350. The van der Waals surface area contributed by atoms with Crippen molar-refractivity contribution in [2.24, 2.45) is 0 Å². The average Bonchev–Trinajstić information content (AvgIpc) is 2.51. The van der Waals surface area contributed by atoms with E-state index in [0.717, 1.165) is 16.8 Å². The van der Waals surface area contributed by atoms with E-state index in [1.54, 1.807) is 38.1 Å². The lowest BCUT2D eigenvalue weighted by Crippen LogP contribution is -2.42. The molecular formula is C20H24ClNO2. The highest BCUT2D eigenvalue weighted by Crippen LogP contribution is 2.29. The first-order chi connectivity index (χ1) is 11.2. The summed E-state index contributed by atoms with van der Waals surface area (Å²) in [6.07, 6.45) is 0. The summed E-state index contributed by atoms with van der Waals surface area (Å²) >= 11 is 5.88. The second kappa shape index (κ2) is 7.27. The normalized spacial score (nSPS) is 11.5. The molecule has 0 spiro atoms. The molecule has 1 N–H and O–H groups in total. The Morgan fingerprint density at radius 2 is 1.75 bits per heavy atom. The van der Waals surface area contributed by atoms with Crippen LogP contribution >= 0.6 is 11.6 Å². The Kier molecular flexibility index (Phi) is 5.55. The minimum Gasteiger partial charge on any atom is -0.478 e. The maximum atomic E-state index is 12.8. The smallest absolute Gasteiger partial charge is 0.267 e.